The molecule has 2 heterocycles. The summed E-state index contributed by atoms with van der Waals surface area (Å²) in [4.78, 5) is 17.3. The lowest BCUT2D eigenvalue weighted by atomic mass is 9.98. The van der Waals surface area contributed by atoms with Gasteiger partial charge in [-0.2, -0.15) is 0 Å². The number of hydrogen-bond donors (Lipinski definition) is 1. The fourth-order valence-corrected chi connectivity index (χ4v) is 3.07. The van der Waals surface area contributed by atoms with Gasteiger partial charge in [0.25, 0.3) is 0 Å². The van der Waals surface area contributed by atoms with Crippen molar-refractivity contribution in [2.24, 2.45) is 5.92 Å². The van der Waals surface area contributed by atoms with Crippen molar-refractivity contribution in [2.75, 3.05) is 6.54 Å². The maximum absolute atomic E-state index is 11.6. The number of carbonyl (C=O) groups is 1. The molecule has 0 spiro atoms. The van der Waals surface area contributed by atoms with Gasteiger partial charge in [0.2, 0.25) is 0 Å². The van der Waals surface area contributed by atoms with E-state index < -0.39 is 6.09 Å². The van der Waals surface area contributed by atoms with Crippen LogP contribution in [0.4, 0.5) is 4.79 Å². The maximum atomic E-state index is 11.6. The van der Waals surface area contributed by atoms with Crippen LogP contribution in [0.2, 0.25) is 0 Å². The first-order valence-electron chi connectivity index (χ1n) is 8.36. The fraction of sp³-hybridized carbons (Fsp3) is 0.300. The van der Waals surface area contributed by atoms with Crippen molar-refractivity contribution in [3.8, 4) is 11.5 Å². The molecule has 0 unspecified atom stereocenters. The highest BCUT2D eigenvalue weighted by molar-refractivity contribution is 5.81. The molecule has 0 bridgehead atoms. The van der Waals surface area contributed by atoms with Gasteiger partial charge in [0.15, 0.2) is 0 Å². The molecule has 0 radical (unpaired) electrons. The highest BCUT2D eigenvalue weighted by Crippen LogP contribution is 2.31. The Morgan fingerprint density at radius 1 is 1.20 bits per heavy atom. The topological polar surface area (TPSA) is 62.7 Å². The normalized spacial score (nSPS) is 17.2. The van der Waals surface area contributed by atoms with Crippen LogP contribution >= 0.6 is 0 Å². The first-order chi connectivity index (χ1) is 11.9. The van der Waals surface area contributed by atoms with Gasteiger partial charge in [-0.1, -0.05) is 25.1 Å². The second kappa shape index (κ2) is 6.97. The molecule has 2 aromatic rings. The highest BCUT2D eigenvalue weighted by atomic mass is 16.5. The van der Waals surface area contributed by atoms with E-state index in [4.69, 9.17) is 4.74 Å². The Bertz CT molecular complexity index is 809. The number of aryl methyl sites for hydroxylation is 2. The number of ether oxygens (including phenoxy) is 1. The number of nitrogens with zero attached hydrogens (tertiary/aromatic N) is 2. The lowest BCUT2D eigenvalue weighted by Gasteiger charge is -2.30. The summed E-state index contributed by atoms with van der Waals surface area (Å²) < 4.78 is 5.96. The summed E-state index contributed by atoms with van der Waals surface area (Å²) >= 11 is 0. The molecule has 5 heteroatoms. The number of amides is 1. The Labute approximate surface area is 147 Å². The smallest absolute Gasteiger partial charge is 0.411 e. The zero-order valence-corrected chi connectivity index (χ0v) is 14.7. The van der Waals surface area contributed by atoms with Crippen molar-refractivity contribution in [1.29, 1.82) is 0 Å². The summed E-state index contributed by atoms with van der Waals surface area (Å²) in [6, 6.07) is 11.3. The van der Waals surface area contributed by atoms with Crippen LogP contribution in [0.3, 0.4) is 0 Å². The van der Waals surface area contributed by atoms with Gasteiger partial charge in [-0.3, -0.25) is 9.88 Å². The second-order valence-electron chi connectivity index (χ2n) is 6.54. The molecule has 1 aromatic heterocycles. The predicted octanol–water partition coefficient (Wildman–Crippen LogP) is 4.85. The van der Waals surface area contributed by atoms with Crippen molar-refractivity contribution < 1.29 is 14.6 Å². The van der Waals surface area contributed by atoms with E-state index in [1.807, 2.05) is 56.3 Å². The average molecular weight is 338 g/mol. The Kier molecular flexibility index (Phi) is 4.74. The van der Waals surface area contributed by atoms with Gasteiger partial charge in [0.05, 0.1) is 5.70 Å². The van der Waals surface area contributed by atoms with E-state index in [1.165, 1.54) is 4.90 Å². The molecule has 0 aliphatic carbocycles. The lowest BCUT2D eigenvalue weighted by Crippen LogP contribution is -2.34. The van der Waals surface area contributed by atoms with Crippen LogP contribution in [0.15, 0.2) is 42.5 Å². The van der Waals surface area contributed by atoms with Crippen molar-refractivity contribution in [1.82, 2.24) is 9.88 Å². The minimum absolute atomic E-state index is 0.321. The number of pyridine rings is 1. The average Bonchev–Trinajstić information content (AvgIpc) is 2.54. The minimum atomic E-state index is -0.926. The highest BCUT2D eigenvalue weighted by Gasteiger charge is 2.24. The first-order valence-corrected chi connectivity index (χ1v) is 8.36. The van der Waals surface area contributed by atoms with Gasteiger partial charge in [-0.25, -0.2) is 4.79 Å². The van der Waals surface area contributed by atoms with E-state index in [-0.39, 0.29) is 0 Å². The van der Waals surface area contributed by atoms with E-state index in [0.29, 0.717) is 18.2 Å². The maximum Gasteiger partial charge on any atom is 0.411 e. The number of allylic oxidation sites excluding steroid dienone is 1. The first kappa shape index (κ1) is 17.0. The number of rotatable bonds is 3. The van der Waals surface area contributed by atoms with E-state index in [1.54, 1.807) is 0 Å². The van der Waals surface area contributed by atoms with Crippen LogP contribution in [0.1, 0.15) is 30.3 Å². The van der Waals surface area contributed by atoms with Crippen molar-refractivity contribution >= 4 is 11.8 Å². The standard InChI is InChI=1S/C20H22N2O3/c1-13-7-8-19(22(12-13)20(23)24)16-5-4-6-17(11-16)25-18-9-14(2)21-15(3)10-18/h4-6,8-11,13H,7,12H2,1-3H3,(H,23,24)/t13-/m0/s1. The molecule has 1 amide bonds. The van der Waals surface area contributed by atoms with Gasteiger partial charge < -0.3 is 9.84 Å². The molecule has 130 valence electrons. The predicted molar refractivity (Wildman–Crippen MR) is 96.7 cm³/mol. The molecule has 0 saturated heterocycles. The van der Waals surface area contributed by atoms with E-state index in [0.717, 1.165) is 34.8 Å². The summed E-state index contributed by atoms with van der Waals surface area (Å²) in [5.41, 5.74) is 3.35. The third-order valence-corrected chi connectivity index (χ3v) is 4.15. The minimum Gasteiger partial charge on any atom is -0.465 e. The summed E-state index contributed by atoms with van der Waals surface area (Å²) in [6.07, 6.45) is 1.93. The third-order valence-electron chi connectivity index (χ3n) is 4.15. The van der Waals surface area contributed by atoms with Crippen LogP contribution in [0.25, 0.3) is 5.70 Å². The number of aromatic nitrogens is 1. The van der Waals surface area contributed by atoms with Gasteiger partial charge in [0.1, 0.15) is 11.5 Å². The summed E-state index contributed by atoms with van der Waals surface area (Å²) in [6.45, 7) is 6.41. The molecule has 1 aliphatic heterocycles. The van der Waals surface area contributed by atoms with E-state index >= 15 is 0 Å². The Morgan fingerprint density at radius 2 is 1.92 bits per heavy atom. The number of hydrogen-bond acceptors (Lipinski definition) is 3. The monoisotopic (exact) mass is 338 g/mol. The molecule has 0 saturated carbocycles. The third kappa shape index (κ3) is 3.99. The van der Waals surface area contributed by atoms with E-state index in [2.05, 4.69) is 11.9 Å². The Morgan fingerprint density at radius 3 is 2.60 bits per heavy atom. The summed E-state index contributed by atoms with van der Waals surface area (Å²) in [7, 11) is 0. The van der Waals surface area contributed by atoms with Gasteiger partial charge in [0, 0.05) is 35.6 Å². The van der Waals surface area contributed by atoms with Crippen LogP contribution in [-0.2, 0) is 0 Å². The zero-order chi connectivity index (χ0) is 18.0. The quantitative estimate of drug-likeness (QED) is 0.869. The van der Waals surface area contributed by atoms with Gasteiger partial charge in [-0.05, 0) is 38.3 Å². The SMILES string of the molecule is Cc1cc(Oc2cccc(C3=CC[C@H](C)CN3C(=O)O)c2)cc(C)n1. The molecule has 0 fully saturated rings. The largest absolute Gasteiger partial charge is 0.465 e. The molecule has 1 N–H and O–H groups in total. The summed E-state index contributed by atoms with van der Waals surface area (Å²) in [5, 5.41) is 9.50. The lowest BCUT2D eigenvalue weighted by molar-refractivity contribution is 0.159. The van der Waals surface area contributed by atoms with Crippen molar-refractivity contribution in [2.45, 2.75) is 27.2 Å². The van der Waals surface area contributed by atoms with Crippen molar-refractivity contribution in [3.05, 3.63) is 59.4 Å². The van der Waals surface area contributed by atoms with Crippen LogP contribution in [-0.4, -0.2) is 27.6 Å². The number of carboxylic acid groups (broad SMARTS) is 1. The number of benzene rings is 1. The molecule has 1 aliphatic rings. The molecular formula is C20H22N2O3. The fourth-order valence-electron chi connectivity index (χ4n) is 3.07. The Hall–Kier alpha value is -2.82. The molecule has 1 aromatic carbocycles. The van der Waals surface area contributed by atoms with Crippen LogP contribution < -0.4 is 4.74 Å². The van der Waals surface area contributed by atoms with Crippen LogP contribution in [0, 0.1) is 19.8 Å². The molecule has 25 heavy (non-hydrogen) atoms. The van der Waals surface area contributed by atoms with E-state index in [9.17, 15) is 9.90 Å². The summed E-state index contributed by atoms with van der Waals surface area (Å²) in [5.74, 6) is 1.72. The molecule has 5 nitrogen and oxygen atoms in total. The second-order valence-corrected chi connectivity index (χ2v) is 6.54. The molecule has 3 rings (SSSR count). The molecule has 1 atom stereocenters. The molecular weight excluding hydrogens is 316 g/mol. The Balaban J connectivity index is 1.89. The van der Waals surface area contributed by atoms with Gasteiger partial charge in [-0.15, -0.1) is 0 Å². The van der Waals surface area contributed by atoms with Crippen molar-refractivity contribution in [3.63, 3.8) is 0 Å². The zero-order valence-electron chi connectivity index (χ0n) is 14.7. The van der Waals surface area contributed by atoms with Gasteiger partial charge >= 0.3 is 6.09 Å². The van der Waals surface area contributed by atoms with Crippen LogP contribution in [0.5, 0.6) is 11.5 Å².